The van der Waals surface area contributed by atoms with Gasteiger partial charge in [0.05, 0.1) is 23.7 Å². The molecule has 2 aliphatic rings. The monoisotopic (exact) mass is 1000 g/mol. The third kappa shape index (κ3) is 5.59. The van der Waals surface area contributed by atoms with E-state index in [0.717, 1.165) is 0 Å². The average Bonchev–Trinajstić information content (AvgIpc) is 2.76. The topological polar surface area (TPSA) is 76.3 Å². The molecule has 14 heteroatoms. The summed E-state index contributed by atoms with van der Waals surface area (Å²) >= 11 is 33.3. The van der Waals surface area contributed by atoms with Crippen LogP contribution in [0.2, 0.25) is 20.1 Å². The Morgan fingerprint density at radius 1 is 0.824 bits per heavy atom. The van der Waals surface area contributed by atoms with Crippen molar-refractivity contribution in [2.24, 2.45) is 0 Å². The van der Waals surface area contributed by atoms with Gasteiger partial charge in [-0.15, -0.1) is 6.61 Å². The van der Waals surface area contributed by atoms with Crippen LogP contribution in [0.15, 0.2) is 21.3 Å². The van der Waals surface area contributed by atoms with Crippen molar-refractivity contribution in [1.29, 1.82) is 0 Å². The van der Waals surface area contributed by atoms with Gasteiger partial charge >= 0.3 is 59.1 Å². The maximum atomic E-state index is 12.6. The van der Waals surface area contributed by atoms with Crippen LogP contribution in [0, 0.1) is 14.3 Å². The third-order valence-electron chi connectivity index (χ3n) is 4.76. The van der Waals surface area contributed by atoms with E-state index in [4.69, 9.17) is 50.8 Å². The van der Waals surface area contributed by atoms with Gasteiger partial charge in [0.2, 0.25) is 5.43 Å². The zero-order chi connectivity index (χ0) is 23.6. The first-order chi connectivity index (χ1) is 15.0. The van der Waals surface area contributed by atoms with Gasteiger partial charge in [-0.05, 0) is 108 Å². The molecular formula is C20H4Cl4I4Na2O4. The Labute approximate surface area is 312 Å². The van der Waals surface area contributed by atoms with Crippen LogP contribution in [-0.2, 0) is 6.61 Å². The molecule has 0 N–H and O–H groups in total. The van der Waals surface area contributed by atoms with Crippen molar-refractivity contribution in [2.75, 3.05) is 0 Å². The maximum absolute atomic E-state index is 12.6. The molecule has 0 spiro atoms. The second-order valence-corrected chi connectivity index (χ2v) is 12.5. The summed E-state index contributed by atoms with van der Waals surface area (Å²) in [5.74, 6) is 0.0603. The number of halogens is 8. The molecule has 0 atom stereocenters. The van der Waals surface area contributed by atoms with Gasteiger partial charge in [-0.1, -0.05) is 52.2 Å². The summed E-state index contributed by atoms with van der Waals surface area (Å²) in [5, 5.41) is 25.4. The van der Waals surface area contributed by atoms with E-state index < -0.39 is 6.61 Å². The molecule has 1 heterocycles. The average molecular weight is 1000 g/mol. The van der Waals surface area contributed by atoms with Gasteiger partial charge in [-0.3, -0.25) is 4.79 Å². The molecule has 0 bridgehead atoms. The van der Waals surface area contributed by atoms with E-state index in [1.54, 1.807) is 12.1 Å². The van der Waals surface area contributed by atoms with Crippen LogP contribution in [0.25, 0.3) is 33.4 Å². The van der Waals surface area contributed by atoms with E-state index in [2.05, 4.69) is 0 Å². The molecule has 0 fully saturated rings. The molecule has 0 aromatic heterocycles. The summed E-state index contributed by atoms with van der Waals surface area (Å²) in [6.07, 6.45) is 0. The van der Waals surface area contributed by atoms with Gasteiger partial charge in [0, 0.05) is 29.2 Å². The Balaban J connectivity index is 0.00000204. The van der Waals surface area contributed by atoms with E-state index in [1.165, 1.54) is 0 Å². The first kappa shape index (κ1) is 33.2. The number of hydrogen-bond donors (Lipinski definition) is 0. The van der Waals surface area contributed by atoms with Gasteiger partial charge in [0.25, 0.3) is 0 Å². The molecule has 0 unspecified atom stereocenters. The fraction of sp³-hybridized carbons (Fsp3) is 0.0500. The van der Waals surface area contributed by atoms with E-state index in [9.17, 15) is 15.0 Å². The Hall–Kier alpha value is 2.97. The molecule has 4 rings (SSSR count). The third-order valence-corrected chi connectivity index (χ3v) is 10.2. The van der Waals surface area contributed by atoms with Crippen molar-refractivity contribution in [3.63, 3.8) is 0 Å². The van der Waals surface area contributed by atoms with Crippen molar-refractivity contribution < 1.29 is 73.7 Å². The van der Waals surface area contributed by atoms with Crippen LogP contribution in [0.5, 0.6) is 5.75 Å². The first-order valence-corrected chi connectivity index (χ1v) is 14.2. The van der Waals surface area contributed by atoms with Gasteiger partial charge in [-0.25, -0.2) is 0 Å². The summed E-state index contributed by atoms with van der Waals surface area (Å²) in [6.45, 7) is -0.721. The number of benzene rings is 3. The van der Waals surface area contributed by atoms with Crippen LogP contribution < -0.4 is 74.8 Å². The van der Waals surface area contributed by atoms with Crippen molar-refractivity contribution in [1.82, 2.24) is 0 Å². The molecule has 1 aliphatic carbocycles. The standard InChI is InChI=1S/C20H5Cl4I4O4.2Na/c21-11-6(3-29)10(12(22)14(24)13(11)23)9-4-1-7(25)17(30)15(27)19(4)32-20-5(9)2-8(26)18(31)16(20)28;;/h1-2,30H,3H2;;/q-1;2*+1/p-1. The predicted octanol–water partition coefficient (Wildman–Crippen LogP) is 1.54. The molecule has 1 aliphatic heterocycles. The van der Waals surface area contributed by atoms with Crippen LogP contribution >= 0.6 is 137 Å². The van der Waals surface area contributed by atoms with Gasteiger partial charge in [-0.2, -0.15) is 0 Å². The van der Waals surface area contributed by atoms with E-state index >= 15 is 0 Å². The zero-order valence-electron chi connectivity index (χ0n) is 17.0. The van der Waals surface area contributed by atoms with Crippen LogP contribution in [0.4, 0.5) is 0 Å². The van der Waals surface area contributed by atoms with Gasteiger partial charge in [0.1, 0.15) is 9.15 Å². The fourth-order valence-electron chi connectivity index (χ4n) is 3.33. The zero-order valence-corrected chi connectivity index (χ0v) is 32.7. The smallest absolute Gasteiger partial charge is 0.871 e. The molecule has 0 radical (unpaired) electrons. The molecule has 4 nitrogen and oxygen atoms in total. The SMILES string of the molecule is O=c1c(I)cc2c(-c3c(Cl)c(Cl)c(Cl)c(Cl)c3C[O-])c3cc(I)c([O-])c(I)c3oc-2c1I.[Na+].[Na+]. The van der Waals surface area contributed by atoms with Gasteiger partial charge in [0.15, 0.2) is 5.76 Å². The maximum Gasteiger partial charge on any atom is 1.00 e. The number of fused-ring (bicyclic) bond motifs is 2. The van der Waals surface area contributed by atoms with Crippen molar-refractivity contribution >= 4 is 148 Å². The Morgan fingerprint density at radius 2 is 1.41 bits per heavy atom. The number of hydrogen-bond acceptors (Lipinski definition) is 4. The molecule has 0 saturated heterocycles. The number of rotatable bonds is 2. The molecular weight excluding hydrogens is 1000 g/mol. The first-order valence-electron chi connectivity index (χ1n) is 8.38. The summed E-state index contributed by atoms with van der Waals surface area (Å²) in [7, 11) is 0. The Morgan fingerprint density at radius 3 is 2.00 bits per heavy atom. The Bertz CT molecular complexity index is 1500. The predicted molar refractivity (Wildman–Crippen MR) is 159 cm³/mol. The summed E-state index contributed by atoms with van der Waals surface area (Å²) < 4.78 is 7.67. The largest absolute Gasteiger partial charge is 1.00 e. The quantitative estimate of drug-likeness (QED) is 0.101. The second kappa shape index (κ2) is 13.1. The van der Waals surface area contributed by atoms with Crippen molar-refractivity contribution in [3.8, 4) is 28.2 Å². The van der Waals surface area contributed by atoms with E-state index in [1.807, 2.05) is 90.4 Å². The Kier molecular flexibility index (Phi) is 12.8. The van der Waals surface area contributed by atoms with Crippen LogP contribution in [0.3, 0.4) is 0 Å². The van der Waals surface area contributed by atoms with E-state index in [-0.39, 0.29) is 107 Å². The minimum absolute atomic E-state index is 0. The van der Waals surface area contributed by atoms with E-state index in [0.29, 0.717) is 36.4 Å². The van der Waals surface area contributed by atoms with Crippen LogP contribution in [-0.4, -0.2) is 0 Å². The minimum atomic E-state index is -0.721. The molecule has 0 saturated carbocycles. The van der Waals surface area contributed by atoms with Crippen molar-refractivity contribution in [3.05, 3.63) is 62.3 Å². The molecule has 2 aromatic rings. The van der Waals surface area contributed by atoms with Crippen molar-refractivity contribution in [2.45, 2.75) is 6.61 Å². The molecule has 0 amide bonds. The van der Waals surface area contributed by atoms with Gasteiger partial charge < -0.3 is 14.6 Å². The normalized spacial score (nSPS) is 11.0. The molecule has 34 heavy (non-hydrogen) atoms. The second-order valence-electron chi connectivity index (χ2n) is 6.49. The molecule has 2 aromatic carbocycles. The summed E-state index contributed by atoms with van der Waals surface area (Å²) in [5.41, 5.74) is 1.53. The summed E-state index contributed by atoms with van der Waals surface area (Å²) in [4.78, 5) is 12.6. The molecule has 166 valence electrons. The van der Waals surface area contributed by atoms with Crippen LogP contribution in [0.1, 0.15) is 5.56 Å². The minimum Gasteiger partial charge on any atom is -0.871 e. The fourth-order valence-corrected chi connectivity index (χ4v) is 7.95. The summed E-state index contributed by atoms with van der Waals surface area (Å²) in [6, 6.07) is 3.32.